The van der Waals surface area contributed by atoms with Crippen molar-refractivity contribution in [2.45, 2.75) is 19.7 Å². The minimum Gasteiger partial charge on any atom is -0.496 e. The van der Waals surface area contributed by atoms with Crippen molar-refractivity contribution in [3.05, 3.63) is 64.9 Å². The minimum atomic E-state index is -0.229. The molecular formula is C18H18ClN5O3. The first kappa shape index (κ1) is 18.7. The van der Waals surface area contributed by atoms with Crippen molar-refractivity contribution in [2.75, 3.05) is 7.11 Å². The van der Waals surface area contributed by atoms with Crippen LogP contribution in [-0.4, -0.2) is 33.2 Å². The van der Waals surface area contributed by atoms with E-state index < -0.39 is 0 Å². The Hall–Kier alpha value is -3.13. The SMILES string of the molecule is COc1ccccc1CNC(=O)Cn1nnnc1COc1ccccc1Cl. The number of ether oxygens (including phenoxy) is 2. The predicted octanol–water partition coefficient (Wildman–Crippen LogP) is 2.23. The highest BCUT2D eigenvalue weighted by Gasteiger charge is 2.12. The van der Waals surface area contributed by atoms with Crippen molar-refractivity contribution in [1.29, 1.82) is 0 Å². The molecule has 0 bridgehead atoms. The number of nitrogens with one attached hydrogen (secondary N) is 1. The molecule has 0 unspecified atom stereocenters. The van der Waals surface area contributed by atoms with Gasteiger partial charge in [0.15, 0.2) is 5.82 Å². The van der Waals surface area contributed by atoms with Gasteiger partial charge in [0, 0.05) is 12.1 Å². The van der Waals surface area contributed by atoms with Crippen molar-refractivity contribution in [3.63, 3.8) is 0 Å². The second-order valence-electron chi connectivity index (χ2n) is 5.56. The Labute approximate surface area is 161 Å². The third-order valence-electron chi connectivity index (χ3n) is 3.76. The van der Waals surface area contributed by atoms with Crippen molar-refractivity contribution in [2.24, 2.45) is 0 Å². The Bertz CT molecular complexity index is 915. The molecule has 3 rings (SSSR count). The van der Waals surface area contributed by atoms with E-state index in [1.165, 1.54) is 4.68 Å². The molecule has 8 nitrogen and oxygen atoms in total. The molecule has 1 heterocycles. The third kappa shape index (κ3) is 4.95. The zero-order chi connectivity index (χ0) is 19.1. The van der Waals surface area contributed by atoms with Crippen molar-refractivity contribution >= 4 is 17.5 Å². The number of hydrogen-bond acceptors (Lipinski definition) is 6. The van der Waals surface area contributed by atoms with E-state index >= 15 is 0 Å². The lowest BCUT2D eigenvalue weighted by Gasteiger charge is -2.10. The third-order valence-corrected chi connectivity index (χ3v) is 4.07. The highest BCUT2D eigenvalue weighted by molar-refractivity contribution is 6.32. The van der Waals surface area contributed by atoms with E-state index in [4.69, 9.17) is 21.1 Å². The summed E-state index contributed by atoms with van der Waals surface area (Å²) in [6.45, 7) is 0.413. The molecule has 3 aromatic rings. The van der Waals surface area contributed by atoms with Gasteiger partial charge in [-0.15, -0.1) is 5.10 Å². The molecule has 0 spiro atoms. The molecule has 0 aliphatic carbocycles. The zero-order valence-corrected chi connectivity index (χ0v) is 15.4. The monoisotopic (exact) mass is 387 g/mol. The van der Waals surface area contributed by atoms with Crippen molar-refractivity contribution < 1.29 is 14.3 Å². The maximum Gasteiger partial charge on any atom is 0.242 e. The summed E-state index contributed by atoms with van der Waals surface area (Å²) in [6, 6.07) is 14.6. The van der Waals surface area contributed by atoms with Crippen molar-refractivity contribution in [3.8, 4) is 11.5 Å². The van der Waals surface area contributed by atoms with Gasteiger partial charge in [0.1, 0.15) is 24.7 Å². The summed E-state index contributed by atoms with van der Waals surface area (Å²) in [5.74, 6) is 1.43. The molecule has 1 aromatic heterocycles. The van der Waals surface area contributed by atoms with E-state index in [1.807, 2.05) is 36.4 Å². The molecule has 0 saturated heterocycles. The van der Waals surface area contributed by atoms with Crippen LogP contribution in [0.1, 0.15) is 11.4 Å². The van der Waals surface area contributed by atoms with Gasteiger partial charge in [-0.25, -0.2) is 4.68 Å². The van der Waals surface area contributed by atoms with E-state index in [0.717, 1.165) is 5.56 Å². The number of carbonyl (C=O) groups excluding carboxylic acids is 1. The van der Waals surface area contributed by atoms with Gasteiger partial charge in [0.2, 0.25) is 5.91 Å². The maximum absolute atomic E-state index is 12.2. The van der Waals surface area contributed by atoms with E-state index in [9.17, 15) is 4.79 Å². The highest BCUT2D eigenvalue weighted by atomic mass is 35.5. The largest absolute Gasteiger partial charge is 0.496 e. The van der Waals surface area contributed by atoms with Crippen LogP contribution in [0.15, 0.2) is 48.5 Å². The molecule has 0 fully saturated rings. The van der Waals surface area contributed by atoms with Crippen LogP contribution in [0.3, 0.4) is 0 Å². The number of para-hydroxylation sites is 2. The fourth-order valence-electron chi connectivity index (χ4n) is 2.39. The first-order chi connectivity index (χ1) is 13.2. The molecule has 9 heteroatoms. The van der Waals surface area contributed by atoms with Gasteiger partial charge in [-0.2, -0.15) is 0 Å². The van der Waals surface area contributed by atoms with Crippen LogP contribution in [0.5, 0.6) is 11.5 Å². The second kappa shape index (κ2) is 9.00. The van der Waals surface area contributed by atoms with Gasteiger partial charge in [-0.1, -0.05) is 41.9 Å². The van der Waals surface area contributed by atoms with Crippen LogP contribution in [0.2, 0.25) is 5.02 Å². The van der Waals surface area contributed by atoms with Crippen LogP contribution in [0.25, 0.3) is 0 Å². The number of hydrogen-bond donors (Lipinski definition) is 1. The lowest BCUT2D eigenvalue weighted by Crippen LogP contribution is -2.28. The minimum absolute atomic E-state index is 0.0244. The summed E-state index contributed by atoms with van der Waals surface area (Å²) in [4.78, 5) is 12.2. The fourth-order valence-corrected chi connectivity index (χ4v) is 2.58. The normalized spacial score (nSPS) is 10.4. The van der Waals surface area contributed by atoms with Crippen LogP contribution in [0.4, 0.5) is 0 Å². The summed E-state index contributed by atoms with van der Waals surface area (Å²) in [5, 5.41) is 14.7. The fraction of sp³-hybridized carbons (Fsp3) is 0.222. The Balaban J connectivity index is 1.56. The van der Waals surface area contributed by atoms with Gasteiger partial charge in [-0.3, -0.25) is 4.79 Å². The Morgan fingerprint density at radius 1 is 1.15 bits per heavy atom. The number of nitrogens with zero attached hydrogens (tertiary/aromatic N) is 4. The summed E-state index contributed by atoms with van der Waals surface area (Å²) in [5.41, 5.74) is 0.882. The quantitative estimate of drug-likeness (QED) is 0.637. The van der Waals surface area contributed by atoms with Gasteiger partial charge in [-0.05, 0) is 28.6 Å². The number of amides is 1. The van der Waals surface area contributed by atoms with Gasteiger partial charge >= 0.3 is 0 Å². The Morgan fingerprint density at radius 3 is 2.67 bits per heavy atom. The van der Waals surface area contributed by atoms with E-state index in [2.05, 4.69) is 20.8 Å². The highest BCUT2D eigenvalue weighted by Crippen LogP contribution is 2.23. The van der Waals surface area contributed by atoms with Crippen LogP contribution in [-0.2, 0) is 24.5 Å². The molecule has 0 aliphatic heterocycles. The van der Waals surface area contributed by atoms with Gasteiger partial charge < -0.3 is 14.8 Å². The molecule has 0 atom stereocenters. The summed E-state index contributed by atoms with van der Waals surface area (Å²) >= 11 is 6.05. The number of methoxy groups -OCH3 is 1. The number of tetrazole rings is 1. The van der Waals surface area contributed by atoms with E-state index in [0.29, 0.717) is 28.9 Å². The topological polar surface area (TPSA) is 91.2 Å². The summed E-state index contributed by atoms with van der Waals surface area (Å²) < 4.78 is 12.3. The Kier molecular flexibility index (Phi) is 6.22. The first-order valence-electron chi connectivity index (χ1n) is 8.18. The molecule has 1 amide bonds. The molecule has 0 aliphatic rings. The standard InChI is InChI=1S/C18H18ClN5O3/c1-26-15-8-4-2-6-13(15)10-20-18(25)11-24-17(21-22-23-24)12-27-16-9-5-3-7-14(16)19/h2-9H,10-12H2,1H3,(H,20,25). The predicted molar refractivity (Wildman–Crippen MR) is 98.4 cm³/mol. The lowest BCUT2D eigenvalue weighted by molar-refractivity contribution is -0.122. The maximum atomic E-state index is 12.2. The second-order valence-corrected chi connectivity index (χ2v) is 5.97. The molecule has 0 radical (unpaired) electrons. The molecule has 2 aromatic carbocycles. The number of aromatic nitrogens is 4. The van der Waals surface area contributed by atoms with Gasteiger partial charge in [0.25, 0.3) is 0 Å². The molecule has 27 heavy (non-hydrogen) atoms. The van der Waals surface area contributed by atoms with Gasteiger partial charge in [0.05, 0.1) is 12.1 Å². The Morgan fingerprint density at radius 2 is 1.89 bits per heavy atom. The molecule has 140 valence electrons. The lowest BCUT2D eigenvalue weighted by atomic mass is 10.2. The van der Waals surface area contributed by atoms with Crippen molar-refractivity contribution in [1.82, 2.24) is 25.5 Å². The number of halogens is 1. The number of carbonyl (C=O) groups is 1. The summed E-state index contributed by atoms with van der Waals surface area (Å²) in [6.07, 6.45) is 0. The number of rotatable bonds is 8. The van der Waals surface area contributed by atoms with E-state index in [1.54, 1.807) is 19.2 Å². The average Bonchev–Trinajstić information content (AvgIpc) is 3.13. The molecule has 1 N–H and O–H groups in total. The molecular weight excluding hydrogens is 370 g/mol. The zero-order valence-electron chi connectivity index (χ0n) is 14.6. The van der Waals surface area contributed by atoms with Crippen LogP contribution in [0, 0.1) is 0 Å². The first-order valence-corrected chi connectivity index (χ1v) is 8.56. The van der Waals surface area contributed by atoms with Crippen LogP contribution >= 0.6 is 11.6 Å². The van der Waals surface area contributed by atoms with E-state index in [-0.39, 0.29) is 19.1 Å². The van der Waals surface area contributed by atoms with Crippen LogP contribution < -0.4 is 14.8 Å². The molecule has 0 saturated carbocycles. The smallest absolute Gasteiger partial charge is 0.242 e. The average molecular weight is 388 g/mol. The number of benzene rings is 2. The summed E-state index contributed by atoms with van der Waals surface area (Å²) in [7, 11) is 1.59.